The number of hydrogen-bond acceptors (Lipinski definition) is 9. The van der Waals surface area contributed by atoms with Crippen LogP contribution in [-0.4, -0.2) is 61.8 Å². The van der Waals surface area contributed by atoms with Gasteiger partial charge < -0.3 is 14.2 Å². The van der Waals surface area contributed by atoms with Gasteiger partial charge in [0.1, 0.15) is 0 Å². The largest absolute Gasteiger partial charge is 0.403 e. The highest BCUT2D eigenvalue weighted by atomic mass is 19.2. The Morgan fingerprint density at radius 1 is 1.03 bits per heavy atom. The molecule has 6 rings (SSSR count). The lowest BCUT2D eigenvalue weighted by Gasteiger charge is -2.36. The molecule has 33 heavy (non-hydrogen) atoms. The molecule has 3 aromatic heterocycles. The molecule has 0 bridgehead atoms. The van der Waals surface area contributed by atoms with Crippen LogP contribution in [0.2, 0.25) is 0 Å². The van der Waals surface area contributed by atoms with Crippen LogP contribution in [0.4, 0.5) is 20.7 Å². The van der Waals surface area contributed by atoms with Gasteiger partial charge in [0.25, 0.3) is 5.89 Å². The molecule has 0 saturated carbocycles. The molecular weight excluding hydrogens is 432 g/mol. The van der Waals surface area contributed by atoms with Crippen LogP contribution in [0.3, 0.4) is 0 Å². The number of aromatic nitrogens is 7. The molecule has 10 nitrogen and oxygen atoms in total. The molecule has 1 aromatic carbocycles. The fourth-order valence-corrected chi connectivity index (χ4v) is 4.33. The summed E-state index contributed by atoms with van der Waals surface area (Å²) in [5.74, 6) is -0.502. The van der Waals surface area contributed by atoms with Crippen molar-refractivity contribution in [1.29, 1.82) is 0 Å². The number of benzene rings is 1. The van der Waals surface area contributed by atoms with E-state index in [-0.39, 0.29) is 12.0 Å². The van der Waals surface area contributed by atoms with E-state index in [9.17, 15) is 8.78 Å². The highest BCUT2D eigenvalue weighted by Gasteiger charge is 2.33. The van der Waals surface area contributed by atoms with E-state index in [1.54, 1.807) is 18.6 Å². The number of anilines is 2. The van der Waals surface area contributed by atoms with Crippen LogP contribution < -0.4 is 9.80 Å². The smallest absolute Gasteiger partial charge is 0.318 e. The van der Waals surface area contributed by atoms with E-state index in [0.717, 1.165) is 29.9 Å². The van der Waals surface area contributed by atoms with E-state index in [1.807, 2.05) is 16.8 Å². The fraction of sp³-hybridized carbons (Fsp3) is 0.333. The molecule has 0 atom stereocenters. The average molecular weight is 451 g/mol. The summed E-state index contributed by atoms with van der Waals surface area (Å²) in [5.41, 5.74) is 3.16. The zero-order valence-corrected chi connectivity index (χ0v) is 17.6. The second kappa shape index (κ2) is 7.57. The van der Waals surface area contributed by atoms with E-state index in [2.05, 4.69) is 35.6 Å². The quantitative estimate of drug-likeness (QED) is 0.487. The van der Waals surface area contributed by atoms with E-state index in [1.165, 1.54) is 12.1 Å². The molecule has 1 aliphatic heterocycles. The number of H-pyrrole nitrogens is 1. The summed E-state index contributed by atoms with van der Waals surface area (Å²) >= 11 is 0. The predicted octanol–water partition coefficient (Wildman–Crippen LogP) is 2.13. The number of likely N-dealkylation sites (N-methyl/N-ethyl adjacent to an activating group) is 1. The van der Waals surface area contributed by atoms with Crippen LogP contribution in [0.25, 0.3) is 11.5 Å². The van der Waals surface area contributed by atoms with Gasteiger partial charge in [-0.05, 0) is 36.1 Å². The third-order valence-electron chi connectivity index (χ3n) is 6.32. The van der Waals surface area contributed by atoms with Crippen molar-refractivity contribution < 1.29 is 13.2 Å². The normalized spacial score (nSPS) is 16.2. The molecule has 168 valence electrons. The van der Waals surface area contributed by atoms with Crippen LogP contribution in [0.5, 0.6) is 0 Å². The van der Waals surface area contributed by atoms with Crippen molar-refractivity contribution in [3.05, 3.63) is 59.2 Å². The summed E-state index contributed by atoms with van der Waals surface area (Å²) < 4.78 is 32.9. The Morgan fingerprint density at radius 2 is 1.73 bits per heavy atom. The first-order valence-electron chi connectivity index (χ1n) is 10.5. The Labute approximate surface area is 186 Å². The van der Waals surface area contributed by atoms with Crippen LogP contribution >= 0.6 is 0 Å². The number of halogens is 2. The molecule has 12 heteroatoms. The molecule has 1 fully saturated rings. The summed E-state index contributed by atoms with van der Waals surface area (Å²) in [6.45, 7) is 1.46. The summed E-state index contributed by atoms with van der Waals surface area (Å²) in [6, 6.07) is 3.02. The standard InChI is InChI=1S/C21H19F2N9O/c1-31(15-2-11-4-16(22)17(23)5-12(11)3-15)20-24-6-13(7-25-20)19-28-29-21(33-19)32-9-14(10-32)18-8-26-30-27-18/h4-8,14-15H,2-3,9-10H2,1H3,(H,26,27,30). The minimum Gasteiger partial charge on any atom is -0.403 e. The Balaban J connectivity index is 1.11. The average Bonchev–Trinajstić information content (AvgIpc) is 3.54. The van der Waals surface area contributed by atoms with Gasteiger partial charge >= 0.3 is 6.01 Å². The van der Waals surface area contributed by atoms with Gasteiger partial charge in [0.15, 0.2) is 11.6 Å². The van der Waals surface area contributed by atoms with Crippen molar-refractivity contribution in [2.75, 3.05) is 29.9 Å². The van der Waals surface area contributed by atoms with Crippen molar-refractivity contribution >= 4 is 12.0 Å². The maximum Gasteiger partial charge on any atom is 0.318 e. The summed E-state index contributed by atoms with van der Waals surface area (Å²) in [7, 11) is 1.87. The van der Waals surface area contributed by atoms with E-state index in [4.69, 9.17) is 4.42 Å². The highest BCUT2D eigenvalue weighted by molar-refractivity contribution is 5.53. The zero-order chi connectivity index (χ0) is 22.5. The lowest BCUT2D eigenvalue weighted by atomic mass is 9.98. The Kier molecular flexibility index (Phi) is 4.52. The molecule has 1 N–H and O–H groups in total. The number of hydrogen-bond donors (Lipinski definition) is 1. The minimum atomic E-state index is -0.816. The van der Waals surface area contributed by atoms with Crippen molar-refractivity contribution in [3.8, 4) is 11.5 Å². The van der Waals surface area contributed by atoms with Gasteiger partial charge in [-0.3, -0.25) is 0 Å². The number of nitrogens with one attached hydrogen (secondary N) is 1. The first-order valence-corrected chi connectivity index (χ1v) is 10.5. The van der Waals surface area contributed by atoms with Gasteiger partial charge in [-0.1, -0.05) is 5.10 Å². The second-order valence-electron chi connectivity index (χ2n) is 8.37. The van der Waals surface area contributed by atoms with Crippen LogP contribution in [0.1, 0.15) is 22.7 Å². The second-order valence-corrected chi connectivity index (χ2v) is 8.37. The van der Waals surface area contributed by atoms with E-state index < -0.39 is 11.6 Å². The van der Waals surface area contributed by atoms with Crippen molar-refractivity contribution in [2.45, 2.75) is 24.8 Å². The topological polar surface area (TPSA) is 113 Å². The van der Waals surface area contributed by atoms with Crippen LogP contribution in [0, 0.1) is 11.6 Å². The SMILES string of the molecule is CN(c1ncc(-c2nnc(N3CC(c4cn[nH]n4)C3)o2)cn1)C1Cc2cc(F)c(F)cc2C1. The molecule has 0 radical (unpaired) electrons. The highest BCUT2D eigenvalue weighted by Crippen LogP contribution is 2.32. The van der Waals surface area contributed by atoms with Crippen LogP contribution in [0.15, 0.2) is 35.1 Å². The lowest BCUT2D eigenvalue weighted by Crippen LogP contribution is -2.45. The number of fused-ring (bicyclic) bond motifs is 1. The molecule has 4 aromatic rings. The Morgan fingerprint density at radius 3 is 2.36 bits per heavy atom. The summed E-state index contributed by atoms with van der Waals surface area (Å²) in [6.07, 6.45) is 6.19. The molecule has 1 saturated heterocycles. The fourth-order valence-electron chi connectivity index (χ4n) is 4.33. The predicted molar refractivity (Wildman–Crippen MR) is 113 cm³/mol. The zero-order valence-electron chi connectivity index (χ0n) is 17.6. The molecule has 4 heterocycles. The maximum absolute atomic E-state index is 13.5. The molecule has 0 spiro atoms. The molecule has 0 unspecified atom stereocenters. The van der Waals surface area contributed by atoms with Gasteiger partial charge in [0.05, 0.1) is 17.5 Å². The number of rotatable bonds is 5. The van der Waals surface area contributed by atoms with Gasteiger partial charge in [-0.2, -0.15) is 15.4 Å². The van der Waals surface area contributed by atoms with Gasteiger partial charge in [-0.25, -0.2) is 18.7 Å². The van der Waals surface area contributed by atoms with Gasteiger partial charge in [0.2, 0.25) is 5.95 Å². The maximum atomic E-state index is 13.5. The Hall–Kier alpha value is -3.96. The summed E-state index contributed by atoms with van der Waals surface area (Å²) in [5, 5.41) is 18.8. The van der Waals surface area contributed by atoms with Gasteiger partial charge in [-0.15, -0.1) is 5.10 Å². The number of nitrogens with zero attached hydrogens (tertiary/aromatic N) is 8. The monoisotopic (exact) mass is 451 g/mol. The lowest BCUT2D eigenvalue weighted by molar-refractivity contribution is 0.449. The van der Waals surface area contributed by atoms with Gasteiger partial charge in [0, 0.05) is 44.5 Å². The Bertz CT molecular complexity index is 1250. The van der Waals surface area contributed by atoms with Crippen molar-refractivity contribution in [2.24, 2.45) is 0 Å². The molecule has 2 aliphatic rings. The van der Waals surface area contributed by atoms with E-state index >= 15 is 0 Å². The molecular formula is C21H19F2N9O. The van der Waals surface area contributed by atoms with Crippen molar-refractivity contribution in [1.82, 2.24) is 35.6 Å². The summed E-state index contributed by atoms with van der Waals surface area (Å²) in [4.78, 5) is 12.8. The minimum absolute atomic E-state index is 0.0196. The third-order valence-corrected chi connectivity index (χ3v) is 6.32. The first-order chi connectivity index (χ1) is 16.0. The van der Waals surface area contributed by atoms with Crippen LogP contribution in [-0.2, 0) is 12.8 Å². The van der Waals surface area contributed by atoms with Crippen molar-refractivity contribution in [3.63, 3.8) is 0 Å². The number of aromatic amines is 1. The molecule has 1 aliphatic carbocycles. The van der Waals surface area contributed by atoms with E-state index in [0.29, 0.717) is 36.3 Å². The molecule has 0 amide bonds. The first kappa shape index (κ1) is 19.7. The third kappa shape index (κ3) is 3.47.